The Morgan fingerprint density at radius 2 is 2.29 bits per heavy atom. The largest absolute Gasteiger partial charge is 0.398 e. The molecule has 1 aromatic carbocycles. The Balaban J connectivity index is 1.77. The Bertz CT molecular complexity index is 697. The lowest BCUT2D eigenvalue weighted by atomic mass is 10.1. The fourth-order valence-electron chi connectivity index (χ4n) is 2.57. The van der Waals surface area contributed by atoms with Crippen LogP contribution >= 0.6 is 11.6 Å². The molecule has 2 aromatic rings. The number of halogens is 1. The third-order valence-corrected chi connectivity index (χ3v) is 3.87. The number of nitrogens with zero attached hydrogens (tertiary/aromatic N) is 3. The van der Waals surface area contributed by atoms with Crippen LogP contribution < -0.4 is 11.1 Å². The summed E-state index contributed by atoms with van der Waals surface area (Å²) in [4.78, 5) is 12.3. The highest BCUT2D eigenvalue weighted by molar-refractivity contribution is 6.31. The number of nitrogen functional groups attached to an aromatic ring is 1. The van der Waals surface area contributed by atoms with Gasteiger partial charge in [0.15, 0.2) is 5.82 Å². The first-order valence-electron chi connectivity index (χ1n) is 6.84. The Kier molecular flexibility index (Phi) is 3.55. The van der Waals surface area contributed by atoms with Gasteiger partial charge in [-0.3, -0.25) is 4.79 Å². The van der Waals surface area contributed by atoms with Crippen LogP contribution in [0.4, 0.5) is 5.69 Å². The van der Waals surface area contributed by atoms with Crippen molar-refractivity contribution in [2.75, 3.05) is 5.73 Å². The van der Waals surface area contributed by atoms with E-state index in [1.165, 1.54) is 0 Å². The molecule has 0 fully saturated rings. The highest BCUT2D eigenvalue weighted by Crippen LogP contribution is 2.21. The summed E-state index contributed by atoms with van der Waals surface area (Å²) in [7, 11) is 0. The number of carbonyl (C=O) groups is 1. The van der Waals surface area contributed by atoms with Gasteiger partial charge >= 0.3 is 0 Å². The second-order valence-electron chi connectivity index (χ2n) is 5.16. The van der Waals surface area contributed by atoms with Gasteiger partial charge in [-0.1, -0.05) is 11.6 Å². The van der Waals surface area contributed by atoms with Crippen molar-refractivity contribution >= 4 is 23.2 Å². The van der Waals surface area contributed by atoms with E-state index in [2.05, 4.69) is 20.1 Å². The van der Waals surface area contributed by atoms with Gasteiger partial charge in [-0.15, -0.1) is 10.2 Å². The fraction of sp³-hybridized carbons (Fsp3) is 0.357. The molecule has 3 N–H and O–H groups in total. The first-order chi connectivity index (χ1) is 10.1. The van der Waals surface area contributed by atoms with E-state index in [9.17, 15) is 4.79 Å². The summed E-state index contributed by atoms with van der Waals surface area (Å²) in [5.41, 5.74) is 6.60. The number of amides is 1. The molecule has 0 bridgehead atoms. The lowest BCUT2D eigenvalue weighted by molar-refractivity contribution is 0.0938. The van der Waals surface area contributed by atoms with Crippen LogP contribution in [0.25, 0.3) is 0 Å². The average molecular weight is 306 g/mol. The van der Waals surface area contributed by atoms with Crippen molar-refractivity contribution in [3.63, 3.8) is 0 Å². The van der Waals surface area contributed by atoms with Crippen LogP contribution in [-0.2, 0) is 13.0 Å². The molecule has 1 atom stereocenters. The van der Waals surface area contributed by atoms with Crippen molar-refractivity contribution in [3.05, 3.63) is 40.4 Å². The molecule has 3 rings (SSSR count). The Hall–Kier alpha value is -2.08. The summed E-state index contributed by atoms with van der Waals surface area (Å²) >= 11 is 5.84. The fourth-order valence-corrected chi connectivity index (χ4v) is 2.75. The number of benzene rings is 1. The van der Waals surface area contributed by atoms with E-state index in [4.69, 9.17) is 17.3 Å². The van der Waals surface area contributed by atoms with Gasteiger partial charge in [0.25, 0.3) is 5.91 Å². The number of carbonyl (C=O) groups excluding carboxylic acids is 1. The minimum Gasteiger partial charge on any atom is -0.398 e. The first kappa shape index (κ1) is 13.9. The Morgan fingerprint density at radius 1 is 1.48 bits per heavy atom. The summed E-state index contributed by atoms with van der Waals surface area (Å²) in [6.07, 6.45) is 2.01. The van der Waals surface area contributed by atoms with E-state index in [1.807, 2.05) is 6.92 Å². The minimum absolute atomic E-state index is 0.230. The quantitative estimate of drug-likeness (QED) is 0.849. The lowest BCUT2D eigenvalue weighted by Crippen LogP contribution is -2.29. The molecular formula is C14H16ClN5O. The van der Waals surface area contributed by atoms with E-state index < -0.39 is 0 Å². The summed E-state index contributed by atoms with van der Waals surface area (Å²) in [5, 5.41) is 11.7. The molecule has 21 heavy (non-hydrogen) atoms. The van der Waals surface area contributed by atoms with Crippen molar-refractivity contribution in [2.24, 2.45) is 0 Å². The van der Waals surface area contributed by atoms with Gasteiger partial charge in [0.1, 0.15) is 5.82 Å². The van der Waals surface area contributed by atoms with Gasteiger partial charge < -0.3 is 15.6 Å². The zero-order valence-corrected chi connectivity index (χ0v) is 12.4. The number of aryl methyl sites for hydroxylation is 1. The summed E-state index contributed by atoms with van der Waals surface area (Å²) in [6.45, 7) is 2.79. The number of nitrogens with two attached hydrogens (primary N) is 1. The molecule has 0 aliphatic carbocycles. The van der Waals surface area contributed by atoms with Crippen LogP contribution in [0, 0.1) is 0 Å². The maximum absolute atomic E-state index is 12.3. The third kappa shape index (κ3) is 2.58. The summed E-state index contributed by atoms with van der Waals surface area (Å²) < 4.78 is 2.07. The first-order valence-corrected chi connectivity index (χ1v) is 7.22. The topological polar surface area (TPSA) is 85.8 Å². The molecule has 110 valence electrons. The van der Waals surface area contributed by atoms with E-state index in [-0.39, 0.29) is 11.9 Å². The molecule has 1 aliphatic rings. The van der Waals surface area contributed by atoms with E-state index >= 15 is 0 Å². The van der Waals surface area contributed by atoms with E-state index in [0.717, 1.165) is 31.0 Å². The predicted molar refractivity (Wildman–Crippen MR) is 80.1 cm³/mol. The van der Waals surface area contributed by atoms with Gasteiger partial charge in [-0.05, 0) is 31.5 Å². The lowest BCUT2D eigenvalue weighted by Gasteiger charge is -2.14. The molecule has 0 spiro atoms. The van der Waals surface area contributed by atoms with E-state index in [0.29, 0.717) is 16.3 Å². The number of hydrogen-bond acceptors (Lipinski definition) is 4. The highest BCUT2D eigenvalue weighted by Gasteiger charge is 2.23. The van der Waals surface area contributed by atoms with E-state index in [1.54, 1.807) is 18.2 Å². The maximum atomic E-state index is 12.3. The second kappa shape index (κ2) is 5.37. The van der Waals surface area contributed by atoms with Crippen molar-refractivity contribution in [1.82, 2.24) is 20.1 Å². The van der Waals surface area contributed by atoms with Crippen LogP contribution in [-0.4, -0.2) is 20.7 Å². The van der Waals surface area contributed by atoms with Crippen LogP contribution in [0.15, 0.2) is 18.2 Å². The number of hydrogen-bond donors (Lipinski definition) is 2. The van der Waals surface area contributed by atoms with Gasteiger partial charge in [0.2, 0.25) is 0 Å². The van der Waals surface area contributed by atoms with Crippen molar-refractivity contribution in [1.29, 1.82) is 0 Å². The number of nitrogens with one attached hydrogen (secondary N) is 1. The molecule has 6 nitrogen and oxygen atoms in total. The summed E-state index contributed by atoms with van der Waals surface area (Å²) in [6, 6.07) is 4.60. The zero-order chi connectivity index (χ0) is 15.0. The van der Waals surface area contributed by atoms with Crippen LogP contribution in [0.3, 0.4) is 0 Å². The number of rotatable bonds is 3. The molecule has 0 saturated heterocycles. The SMILES string of the molecule is CC(NC(=O)c1ccc(Cl)cc1N)c1nnc2n1CCC2. The maximum Gasteiger partial charge on any atom is 0.253 e. The monoisotopic (exact) mass is 305 g/mol. The predicted octanol–water partition coefficient (Wildman–Crippen LogP) is 1.95. The minimum atomic E-state index is -0.244. The molecule has 1 aliphatic heterocycles. The van der Waals surface area contributed by atoms with Gasteiger partial charge in [-0.25, -0.2) is 0 Å². The Labute approximate surface area is 127 Å². The number of aromatic nitrogens is 3. The standard InChI is InChI=1S/C14H16ClN5O/c1-8(13-19-18-12-3-2-6-20(12)13)17-14(21)10-5-4-9(15)7-11(10)16/h4-5,7-8H,2-3,6,16H2,1H3,(H,17,21). The second-order valence-corrected chi connectivity index (χ2v) is 5.59. The Morgan fingerprint density at radius 3 is 3.05 bits per heavy atom. The van der Waals surface area contributed by atoms with Gasteiger partial charge in [0.05, 0.1) is 11.6 Å². The van der Waals surface area contributed by atoms with Crippen LogP contribution in [0.5, 0.6) is 0 Å². The van der Waals surface area contributed by atoms with Crippen molar-refractivity contribution < 1.29 is 4.79 Å². The number of fused-ring (bicyclic) bond motifs is 1. The third-order valence-electron chi connectivity index (χ3n) is 3.63. The molecule has 1 unspecified atom stereocenters. The van der Waals surface area contributed by atoms with Crippen LogP contribution in [0.2, 0.25) is 5.02 Å². The smallest absolute Gasteiger partial charge is 0.253 e. The number of anilines is 1. The molecule has 1 amide bonds. The normalized spacial score (nSPS) is 14.8. The molecular weight excluding hydrogens is 290 g/mol. The highest BCUT2D eigenvalue weighted by atomic mass is 35.5. The molecule has 0 saturated carbocycles. The van der Waals surface area contributed by atoms with Gasteiger partial charge in [0, 0.05) is 23.7 Å². The molecule has 0 radical (unpaired) electrons. The van der Waals surface area contributed by atoms with Crippen molar-refractivity contribution in [2.45, 2.75) is 32.4 Å². The van der Waals surface area contributed by atoms with Crippen molar-refractivity contribution in [3.8, 4) is 0 Å². The zero-order valence-electron chi connectivity index (χ0n) is 11.6. The molecule has 2 heterocycles. The van der Waals surface area contributed by atoms with Gasteiger partial charge in [-0.2, -0.15) is 0 Å². The summed E-state index contributed by atoms with van der Waals surface area (Å²) in [5.74, 6) is 1.52. The molecule has 1 aromatic heterocycles. The average Bonchev–Trinajstić information content (AvgIpc) is 3.00. The van der Waals surface area contributed by atoms with Crippen LogP contribution in [0.1, 0.15) is 41.4 Å². The molecule has 7 heteroatoms.